The van der Waals surface area contributed by atoms with Crippen LogP contribution in [0, 0.1) is 0 Å². The maximum Gasteiger partial charge on any atom is 0.335 e. The third kappa shape index (κ3) is 7.36. The van der Waals surface area contributed by atoms with E-state index >= 15 is 0 Å². The summed E-state index contributed by atoms with van der Waals surface area (Å²) in [5, 5.41) is 12.6. The molecule has 0 bridgehead atoms. The number of carboxylic acids is 1. The molecule has 4 nitrogen and oxygen atoms in total. The molecule has 2 rings (SSSR count). The van der Waals surface area contributed by atoms with Crippen molar-refractivity contribution < 1.29 is 9.90 Å². The third-order valence-corrected chi connectivity index (χ3v) is 4.63. The van der Waals surface area contributed by atoms with Crippen molar-refractivity contribution in [1.82, 2.24) is 10.3 Å². The maximum atomic E-state index is 11.1. The smallest absolute Gasteiger partial charge is 0.335 e. The highest BCUT2D eigenvalue weighted by atomic mass is 16.4. The second-order valence-electron chi connectivity index (χ2n) is 6.79. The number of carboxylic acid groups (broad SMARTS) is 1. The van der Waals surface area contributed by atoms with Gasteiger partial charge >= 0.3 is 5.97 Å². The summed E-state index contributed by atoms with van der Waals surface area (Å²) in [6.07, 6.45) is 9.84. The Labute approximate surface area is 156 Å². The Morgan fingerprint density at radius 2 is 1.92 bits per heavy atom. The van der Waals surface area contributed by atoms with Crippen molar-refractivity contribution in [2.45, 2.75) is 64.5 Å². The van der Waals surface area contributed by atoms with Crippen LogP contribution < -0.4 is 5.32 Å². The van der Waals surface area contributed by atoms with Crippen LogP contribution >= 0.6 is 0 Å². The fraction of sp³-hybridized carbons (Fsp3) is 0.455. The lowest BCUT2D eigenvalue weighted by atomic mass is 10.0. The highest BCUT2D eigenvalue weighted by Gasteiger charge is 2.09. The van der Waals surface area contributed by atoms with Gasteiger partial charge in [0.15, 0.2) is 0 Å². The summed E-state index contributed by atoms with van der Waals surface area (Å²) in [5.74, 6) is -0.905. The van der Waals surface area contributed by atoms with E-state index in [2.05, 4.69) is 47.6 Å². The molecule has 0 fully saturated rings. The van der Waals surface area contributed by atoms with Crippen molar-refractivity contribution in [2.24, 2.45) is 0 Å². The molecule has 0 aliphatic carbocycles. The molecule has 0 radical (unpaired) electrons. The minimum atomic E-state index is -0.905. The van der Waals surface area contributed by atoms with Crippen LogP contribution in [0.5, 0.6) is 0 Å². The van der Waals surface area contributed by atoms with Crippen molar-refractivity contribution in [2.75, 3.05) is 0 Å². The van der Waals surface area contributed by atoms with Crippen LogP contribution in [0.15, 0.2) is 48.7 Å². The van der Waals surface area contributed by atoms with Gasteiger partial charge in [-0.25, -0.2) is 4.79 Å². The van der Waals surface area contributed by atoms with Gasteiger partial charge in [0, 0.05) is 18.8 Å². The fourth-order valence-electron chi connectivity index (χ4n) is 3.20. The van der Waals surface area contributed by atoms with Crippen LogP contribution in [-0.2, 0) is 13.0 Å². The average Bonchev–Trinajstić information content (AvgIpc) is 2.66. The van der Waals surface area contributed by atoms with Gasteiger partial charge in [-0.2, -0.15) is 0 Å². The molecule has 0 aliphatic heterocycles. The SMILES string of the molecule is CCC[C@H](CCCCCc1ccccc1)NCc1cc(C(=O)O)ccn1. The quantitative estimate of drug-likeness (QED) is 0.535. The third-order valence-electron chi connectivity index (χ3n) is 4.63. The molecule has 2 aromatic rings. The lowest BCUT2D eigenvalue weighted by molar-refractivity contribution is 0.0696. The number of hydrogen-bond acceptors (Lipinski definition) is 3. The number of carbonyl (C=O) groups is 1. The van der Waals surface area contributed by atoms with Crippen LogP contribution in [-0.4, -0.2) is 22.1 Å². The maximum absolute atomic E-state index is 11.1. The average molecular weight is 354 g/mol. The Hall–Kier alpha value is -2.20. The number of hydrogen-bond donors (Lipinski definition) is 2. The van der Waals surface area contributed by atoms with Crippen molar-refractivity contribution >= 4 is 5.97 Å². The van der Waals surface area contributed by atoms with E-state index in [1.54, 1.807) is 12.3 Å². The van der Waals surface area contributed by atoms with Gasteiger partial charge in [-0.15, -0.1) is 0 Å². The van der Waals surface area contributed by atoms with Gasteiger partial charge in [0.2, 0.25) is 0 Å². The number of unbranched alkanes of at least 4 members (excludes halogenated alkanes) is 2. The van der Waals surface area contributed by atoms with Gasteiger partial charge in [0.1, 0.15) is 0 Å². The zero-order valence-corrected chi connectivity index (χ0v) is 15.7. The molecule has 4 heteroatoms. The summed E-state index contributed by atoms with van der Waals surface area (Å²) in [6.45, 7) is 2.82. The van der Waals surface area contributed by atoms with Crippen LogP contribution in [0.3, 0.4) is 0 Å². The lowest BCUT2D eigenvalue weighted by Crippen LogP contribution is -2.29. The second-order valence-corrected chi connectivity index (χ2v) is 6.79. The first-order valence-corrected chi connectivity index (χ1v) is 9.64. The van der Waals surface area contributed by atoms with Gasteiger partial charge < -0.3 is 10.4 Å². The van der Waals surface area contributed by atoms with E-state index in [1.807, 2.05) is 0 Å². The molecule has 1 aromatic heterocycles. The van der Waals surface area contributed by atoms with Crippen molar-refractivity contribution in [3.63, 3.8) is 0 Å². The molecule has 0 unspecified atom stereocenters. The van der Waals surface area contributed by atoms with Gasteiger partial charge in [-0.05, 0) is 43.4 Å². The van der Waals surface area contributed by atoms with Crippen LogP contribution in [0.25, 0.3) is 0 Å². The number of pyridine rings is 1. The molecule has 140 valence electrons. The summed E-state index contributed by atoms with van der Waals surface area (Å²) in [6, 6.07) is 14.3. The predicted molar refractivity (Wildman–Crippen MR) is 105 cm³/mol. The zero-order chi connectivity index (χ0) is 18.6. The molecular weight excluding hydrogens is 324 g/mol. The Morgan fingerprint density at radius 1 is 1.12 bits per heavy atom. The summed E-state index contributed by atoms with van der Waals surface area (Å²) < 4.78 is 0. The lowest BCUT2D eigenvalue weighted by Gasteiger charge is -2.18. The molecule has 0 aliphatic rings. The molecule has 26 heavy (non-hydrogen) atoms. The summed E-state index contributed by atoms with van der Waals surface area (Å²) in [5.41, 5.74) is 2.50. The number of nitrogens with zero attached hydrogens (tertiary/aromatic N) is 1. The Kier molecular flexibility index (Phi) is 8.84. The van der Waals surface area contributed by atoms with E-state index in [0.717, 1.165) is 31.4 Å². The van der Waals surface area contributed by atoms with E-state index in [4.69, 9.17) is 5.11 Å². The zero-order valence-electron chi connectivity index (χ0n) is 15.7. The molecule has 0 saturated carbocycles. The second kappa shape index (κ2) is 11.4. The van der Waals surface area contributed by atoms with Crippen LogP contribution in [0.4, 0.5) is 0 Å². The first-order valence-electron chi connectivity index (χ1n) is 9.64. The van der Waals surface area contributed by atoms with E-state index in [0.29, 0.717) is 18.2 Å². The number of nitrogens with one attached hydrogen (secondary N) is 1. The molecule has 2 N–H and O–H groups in total. The molecule has 1 aromatic carbocycles. The fourth-order valence-corrected chi connectivity index (χ4v) is 3.20. The predicted octanol–water partition coefficient (Wildman–Crippen LogP) is 4.84. The molecule has 1 heterocycles. The Bertz CT molecular complexity index is 658. The minimum absolute atomic E-state index is 0.296. The Balaban J connectivity index is 1.70. The van der Waals surface area contributed by atoms with E-state index in [-0.39, 0.29) is 0 Å². The highest BCUT2D eigenvalue weighted by molar-refractivity contribution is 5.87. The summed E-state index contributed by atoms with van der Waals surface area (Å²) >= 11 is 0. The molecule has 0 amide bonds. The first kappa shape index (κ1) is 20.1. The first-order chi connectivity index (χ1) is 12.7. The van der Waals surface area contributed by atoms with Crippen molar-refractivity contribution in [3.05, 3.63) is 65.5 Å². The number of benzene rings is 1. The molecular formula is C22H30N2O2. The molecule has 1 atom stereocenters. The summed E-state index contributed by atoms with van der Waals surface area (Å²) in [7, 11) is 0. The molecule has 0 spiro atoms. The number of rotatable bonds is 12. The monoisotopic (exact) mass is 354 g/mol. The molecule has 0 saturated heterocycles. The minimum Gasteiger partial charge on any atom is -0.478 e. The van der Waals surface area contributed by atoms with Crippen molar-refractivity contribution in [3.8, 4) is 0 Å². The van der Waals surface area contributed by atoms with Gasteiger partial charge in [0.25, 0.3) is 0 Å². The number of aromatic nitrogens is 1. The van der Waals surface area contributed by atoms with Crippen molar-refractivity contribution in [1.29, 1.82) is 0 Å². The Morgan fingerprint density at radius 3 is 2.65 bits per heavy atom. The van der Waals surface area contributed by atoms with Gasteiger partial charge in [-0.1, -0.05) is 56.5 Å². The normalized spacial score (nSPS) is 12.0. The van der Waals surface area contributed by atoms with Crippen LogP contribution in [0.1, 0.15) is 67.1 Å². The largest absolute Gasteiger partial charge is 0.478 e. The standard InChI is InChI=1S/C22H30N2O2/c1-2-9-20(13-8-4-7-12-18-10-5-3-6-11-18)24-17-21-16-19(22(25)26)14-15-23-21/h3,5-6,10-11,14-16,20,24H,2,4,7-9,12-13,17H2,1H3,(H,25,26)/t20-/m1/s1. The summed E-state index contributed by atoms with van der Waals surface area (Å²) in [4.78, 5) is 15.3. The van der Waals surface area contributed by atoms with Gasteiger partial charge in [0.05, 0.1) is 11.3 Å². The van der Waals surface area contributed by atoms with Gasteiger partial charge in [-0.3, -0.25) is 4.98 Å². The van der Waals surface area contributed by atoms with E-state index < -0.39 is 5.97 Å². The van der Waals surface area contributed by atoms with Crippen LogP contribution in [0.2, 0.25) is 0 Å². The number of aromatic carboxylic acids is 1. The highest BCUT2D eigenvalue weighted by Crippen LogP contribution is 2.12. The van der Waals surface area contributed by atoms with E-state index in [9.17, 15) is 4.79 Å². The van der Waals surface area contributed by atoms with E-state index in [1.165, 1.54) is 30.9 Å². The number of aryl methyl sites for hydroxylation is 1. The topological polar surface area (TPSA) is 62.2 Å².